The molecule has 1 fully saturated rings. The van der Waals surface area contributed by atoms with Gasteiger partial charge in [-0.05, 0) is 29.8 Å². The Balaban J connectivity index is 1.64. The first-order chi connectivity index (χ1) is 13.1. The molecular weight excluding hydrogens is 380 g/mol. The maximum absolute atomic E-state index is 13.5. The minimum Gasteiger partial charge on any atom is -0.379 e. The number of hydrogen-bond donors (Lipinski definition) is 0. The van der Waals surface area contributed by atoms with Gasteiger partial charge in [0.05, 0.1) is 18.9 Å². The van der Waals surface area contributed by atoms with Crippen molar-refractivity contribution < 1.29 is 9.53 Å². The Morgan fingerprint density at radius 2 is 1.78 bits per heavy atom. The van der Waals surface area contributed by atoms with Gasteiger partial charge in [0.2, 0.25) is 5.91 Å². The van der Waals surface area contributed by atoms with Crippen molar-refractivity contribution in [3.8, 4) is 0 Å². The van der Waals surface area contributed by atoms with Gasteiger partial charge in [-0.2, -0.15) is 0 Å². The lowest BCUT2D eigenvalue weighted by atomic mass is 10.1. The number of para-hydroxylation sites is 1. The van der Waals surface area contributed by atoms with Crippen LogP contribution in [0.15, 0.2) is 53.4 Å². The predicted molar refractivity (Wildman–Crippen MR) is 113 cm³/mol. The number of benzene rings is 2. The molecule has 0 N–H and O–H groups in total. The number of hydrogen-bond acceptors (Lipinski definition) is 3. The average molecular weight is 403 g/mol. The third kappa shape index (κ3) is 3.83. The summed E-state index contributed by atoms with van der Waals surface area (Å²) in [7, 11) is -0.437. The minimum atomic E-state index is -0.437. The number of fused-ring (bicyclic) bond motifs is 1. The summed E-state index contributed by atoms with van der Waals surface area (Å²) >= 11 is 6.04. The van der Waals surface area contributed by atoms with Crippen molar-refractivity contribution in [1.29, 1.82) is 0 Å². The summed E-state index contributed by atoms with van der Waals surface area (Å²) in [5.74, 6) is 4.50. The fourth-order valence-corrected chi connectivity index (χ4v) is 5.59. The number of morpholine rings is 1. The molecule has 1 saturated heterocycles. The van der Waals surface area contributed by atoms with E-state index in [-0.39, 0.29) is 11.2 Å². The lowest BCUT2D eigenvalue weighted by Crippen LogP contribution is -2.45. The van der Waals surface area contributed by atoms with Crippen LogP contribution in [0.2, 0.25) is 5.02 Å². The Kier molecular flexibility index (Phi) is 5.64. The summed E-state index contributed by atoms with van der Waals surface area (Å²) in [5, 5.41) is 0.414. The highest BCUT2D eigenvalue weighted by atomic mass is 35.5. The van der Waals surface area contributed by atoms with E-state index in [2.05, 4.69) is 16.8 Å². The van der Waals surface area contributed by atoms with E-state index in [1.54, 1.807) is 0 Å². The second kappa shape index (κ2) is 8.15. The third-order valence-electron chi connectivity index (χ3n) is 5.13. The van der Waals surface area contributed by atoms with Crippen LogP contribution in [0.4, 0.5) is 5.69 Å². The first-order valence-electron chi connectivity index (χ1n) is 9.14. The number of carbonyl (C=O) groups is 1. The van der Waals surface area contributed by atoms with Crippen LogP contribution in [-0.2, 0) is 9.53 Å². The third-order valence-corrected chi connectivity index (χ3v) is 7.33. The first kappa shape index (κ1) is 18.7. The highest BCUT2D eigenvalue weighted by Crippen LogP contribution is 2.50. The van der Waals surface area contributed by atoms with E-state index in [0.29, 0.717) is 11.6 Å². The number of anilines is 1. The number of nitrogens with zero attached hydrogens (tertiary/aromatic N) is 2. The number of amides is 1. The van der Waals surface area contributed by atoms with Crippen molar-refractivity contribution in [2.75, 3.05) is 44.3 Å². The lowest BCUT2D eigenvalue weighted by Gasteiger charge is -2.38. The van der Waals surface area contributed by atoms with Gasteiger partial charge in [-0.1, -0.05) is 41.7 Å². The molecule has 6 heteroatoms. The van der Waals surface area contributed by atoms with Crippen molar-refractivity contribution >= 4 is 39.5 Å². The normalized spacial score (nSPS) is 23.3. The molecule has 0 saturated carbocycles. The molecule has 0 radical (unpaired) electrons. The van der Waals surface area contributed by atoms with Gasteiger partial charge >= 0.3 is 0 Å². The highest BCUT2D eigenvalue weighted by molar-refractivity contribution is 8.15. The quantitative estimate of drug-likeness (QED) is 0.729. The van der Waals surface area contributed by atoms with Gasteiger partial charge in [0.25, 0.3) is 0 Å². The molecule has 142 valence electrons. The smallest absolute Gasteiger partial charge is 0.244 e. The lowest BCUT2D eigenvalue weighted by molar-refractivity contribution is -0.118. The van der Waals surface area contributed by atoms with Crippen LogP contribution < -0.4 is 4.90 Å². The maximum Gasteiger partial charge on any atom is 0.244 e. The van der Waals surface area contributed by atoms with Gasteiger partial charge in [0.15, 0.2) is 0 Å². The molecule has 4 rings (SSSR count). The fourth-order valence-electron chi connectivity index (χ4n) is 3.65. The van der Waals surface area contributed by atoms with Crippen LogP contribution >= 0.6 is 22.1 Å². The summed E-state index contributed by atoms with van der Waals surface area (Å²) in [4.78, 5) is 18.9. The number of halogens is 1. The molecule has 0 spiro atoms. The summed E-state index contributed by atoms with van der Waals surface area (Å²) in [5.41, 5.74) is 1.98. The van der Waals surface area contributed by atoms with E-state index in [9.17, 15) is 4.79 Å². The van der Waals surface area contributed by atoms with Crippen molar-refractivity contribution in [3.63, 3.8) is 0 Å². The van der Waals surface area contributed by atoms with E-state index in [0.717, 1.165) is 49.0 Å². The molecule has 2 aromatic carbocycles. The van der Waals surface area contributed by atoms with Crippen LogP contribution in [0, 0.1) is 0 Å². The average Bonchev–Trinajstić information content (AvgIpc) is 2.70. The molecule has 27 heavy (non-hydrogen) atoms. The Hall–Kier alpha value is -1.66. The van der Waals surface area contributed by atoms with E-state index >= 15 is 0 Å². The number of ether oxygens (including phenoxy) is 1. The van der Waals surface area contributed by atoms with Gasteiger partial charge in [-0.25, -0.2) is 0 Å². The van der Waals surface area contributed by atoms with Crippen LogP contribution in [0.3, 0.4) is 0 Å². The minimum absolute atomic E-state index is 0.127. The van der Waals surface area contributed by atoms with Gasteiger partial charge in [-0.15, -0.1) is 10.5 Å². The van der Waals surface area contributed by atoms with Crippen LogP contribution in [-0.4, -0.2) is 56.1 Å². The molecule has 2 heterocycles. The molecule has 1 amide bonds. The van der Waals surface area contributed by atoms with Crippen LogP contribution in [0.1, 0.15) is 10.8 Å². The van der Waals surface area contributed by atoms with Crippen molar-refractivity contribution in [1.82, 2.24) is 4.90 Å². The molecule has 2 aliphatic rings. The van der Waals surface area contributed by atoms with Crippen LogP contribution in [0.25, 0.3) is 0 Å². The highest BCUT2D eigenvalue weighted by Gasteiger charge is 2.36. The largest absolute Gasteiger partial charge is 0.379 e. The Labute approximate surface area is 167 Å². The zero-order valence-corrected chi connectivity index (χ0v) is 16.7. The Bertz CT molecular complexity index is 850. The zero-order valence-electron chi connectivity index (χ0n) is 15.1. The van der Waals surface area contributed by atoms with Gasteiger partial charge in [-0.3, -0.25) is 9.69 Å². The molecule has 2 aliphatic heterocycles. The van der Waals surface area contributed by atoms with Crippen molar-refractivity contribution in [3.05, 3.63) is 59.1 Å². The van der Waals surface area contributed by atoms with E-state index < -0.39 is 10.5 Å². The molecule has 0 aliphatic carbocycles. The molecule has 0 aromatic heterocycles. The van der Waals surface area contributed by atoms with E-state index in [4.69, 9.17) is 16.3 Å². The van der Waals surface area contributed by atoms with Gasteiger partial charge in [0, 0.05) is 36.1 Å². The standard InChI is InChI=1S/C21H23ClN2O2S/c1-27-19-5-3-2-4-18(19)24(11-10-23-12-14-26-15-13-23)21(25)20(27)16-6-8-17(22)9-7-16/h2-9,20H,1,10-15H2. The SMILES string of the molecule is C=S1c2ccccc2N(CCN2CCOCC2)C(=O)C1c1ccc(Cl)cc1. The zero-order chi connectivity index (χ0) is 18.8. The molecule has 4 nitrogen and oxygen atoms in total. The molecule has 2 atom stereocenters. The second-order valence-electron chi connectivity index (χ2n) is 6.77. The number of carbonyl (C=O) groups excluding carboxylic acids is 1. The second-order valence-corrected chi connectivity index (χ2v) is 8.98. The van der Waals surface area contributed by atoms with Gasteiger partial charge in [0.1, 0.15) is 5.25 Å². The fraction of sp³-hybridized carbons (Fsp3) is 0.333. The molecule has 0 bridgehead atoms. The summed E-state index contributed by atoms with van der Waals surface area (Å²) in [6.07, 6.45) is 0. The topological polar surface area (TPSA) is 32.8 Å². The molecule has 2 unspecified atom stereocenters. The van der Waals surface area contributed by atoms with Crippen molar-refractivity contribution in [2.24, 2.45) is 0 Å². The number of rotatable bonds is 4. The summed E-state index contributed by atoms with van der Waals surface area (Å²) < 4.78 is 5.43. The summed E-state index contributed by atoms with van der Waals surface area (Å²) in [6.45, 7) is 4.90. The Morgan fingerprint density at radius 3 is 2.52 bits per heavy atom. The van der Waals surface area contributed by atoms with E-state index in [1.807, 2.05) is 47.4 Å². The van der Waals surface area contributed by atoms with Crippen molar-refractivity contribution in [2.45, 2.75) is 10.1 Å². The van der Waals surface area contributed by atoms with Crippen LogP contribution in [0.5, 0.6) is 0 Å². The monoisotopic (exact) mass is 402 g/mol. The van der Waals surface area contributed by atoms with E-state index in [1.165, 1.54) is 0 Å². The van der Waals surface area contributed by atoms with Gasteiger partial charge < -0.3 is 9.64 Å². The first-order valence-corrected chi connectivity index (χ1v) is 11.0. The summed E-state index contributed by atoms with van der Waals surface area (Å²) in [6, 6.07) is 15.7. The molecular formula is C21H23ClN2O2S. The Morgan fingerprint density at radius 1 is 1.07 bits per heavy atom. The molecule has 2 aromatic rings. The maximum atomic E-state index is 13.5. The predicted octanol–water partition coefficient (Wildman–Crippen LogP) is 3.82.